The van der Waals surface area contributed by atoms with E-state index < -0.39 is 32.2 Å². The fourth-order valence-electron chi connectivity index (χ4n) is 4.12. The Morgan fingerprint density at radius 3 is 2.51 bits per heavy atom. The lowest BCUT2D eigenvalue weighted by molar-refractivity contribution is -0.137. The molecule has 1 N–H and O–H groups in total. The van der Waals surface area contributed by atoms with Crippen molar-refractivity contribution in [2.45, 2.75) is 31.1 Å². The van der Waals surface area contributed by atoms with E-state index in [1.807, 2.05) is 13.0 Å². The van der Waals surface area contributed by atoms with E-state index in [-0.39, 0.29) is 25.4 Å². The van der Waals surface area contributed by atoms with Gasteiger partial charge in [0.2, 0.25) is 16.8 Å². The Labute approximate surface area is 210 Å². The number of hydrogen-bond donors (Lipinski definition) is 1. The minimum atomic E-state index is -4.72. The van der Waals surface area contributed by atoms with E-state index in [4.69, 9.17) is 9.47 Å². The van der Waals surface area contributed by atoms with Crippen LogP contribution in [0.25, 0.3) is 10.9 Å². The molecule has 0 aliphatic carbocycles. The minimum Gasteiger partial charge on any atom is -0.454 e. The molecule has 11 heteroatoms. The number of nitrogens with one attached hydrogen (secondary N) is 1. The van der Waals surface area contributed by atoms with Gasteiger partial charge in [0.25, 0.3) is 5.56 Å². The summed E-state index contributed by atoms with van der Waals surface area (Å²) in [6.07, 6.45) is -4.72. The summed E-state index contributed by atoms with van der Waals surface area (Å²) in [4.78, 5) is 15.1. The number of pyridine rings is 1. The van der Waals surface area contributed by atoms with Gasteiger partial charge in [-0.3, -0.25) is 4.79 Å². The van der Waals surface area contributed by atoms with E-state index >= 15 is 0 Å². The molecule has 192 valence electrons. The number of fused-ring (bicyclic) bond motifs is 2. The Bertz CT molecular complexity index is 1670. The molecule has 0 fully saturated rings. The molecule has 0 saturated heterocycles. The molecular formula is C26H21F3N2O5S. The molecule has 37 heavy (non-hydrogen) atoms. The SMILES string of the molecule is Cc1ccc2cc(CN(Cc3ccc4c(c3)OCO4)S(=O)(=O)c3cccc(C(F)(F)F)c3)c(=O)[nH]c2c1. The van der Waals surface area contributed by atoms with Crippen molar-refractivity contribution in [3.8, 4) is 11.5 Å². The first-order chi connectivity index (χ1) is 17.5. The van der Waals surface area contributed by atoms with Crippen LogP contribution in [0, 0.1) is 6.92 Å². The summed E-state index contributed by atoms with van der Waals surface area (Å²) in [5, 5.41) is 0.694. The first kappa shape index (κ1) is 24.8. The maximum Gasteiger partial charge on any atom is 0.416 e. The summed E-state index contributed by atoms with van der Waals surface area (Å²) >= 11 is 0. The van der Waals surface area contributed by atoms with E-state index in [1.165, 1.54) is 0 Å². The second kappa shape index (κ2) is 9.24. The Balaban J connectivity index is 1.58. The molecule has 1 aliphatic heterocycles. The van der Waals surface area contributed by atoms with Crippen molar-refractivity contribution in [1.29, 1.82) is 0 Å². The molecule has 3 aromatic carbocycles. The summed E-state index contributed by atoms with van der Waals surface area (Å²) in [6.45, 7) is 1.31. The van der Waals surface area contributed by atoms with Gasteiger partial charge in [0.1, 0.15) is 0 Å². The average Bonchev–Trinajstić information content (AvgIpc) is 3.31. The highest BCUT2D eigenvalue weighted by atomic mass is 32.2. The normalized spacial score (nSPS) is 13.4. The lowest BCUT2D eigenvalue weighted by Crippen LogP contribution is -2.32. The number of rotatable bonds is 6. The average molecular weight is 531 g/mol. The number of nitrogens with zero attached hydrogens (tertiary/aromatic N) is 1. The van der Waals surface area contributed by atoms with Gasteiger partial charge in [-0.15, -0.1) is 0 Å². The van der Waals surface area contributed by atoms with E-state index in [2.05, 4.69) is 4.98 Å². The Morgan fingerprint density at radius 2 is 1.73 bits per heavy atom. The first-order valence-corrected chi connectivity index (χ1v) is 12.6. The zero-order valence-corrected chi connectivity index (χ0v) is 20.3. The zero-order valence-electron chi connectivity index (χ0n) is 19.5. The fraction of sp³-hybridized carbons (Fsp3) is 0.192. The van der Waals surface area contributed by atoms with Gasteiger partial charge in [-0.2, -0.15) is 17.5 Å². The number of H-pyrrole nitrogens is 1. The number of hydrogen-bond acceptors (Lipinski definition) is 5. The number of alkyl halides is 3. The molecule has 1 aromatic heterocycles. The molecular weight excluding hydrogens is 509 g/mol. The lowest BCUT2D eigenvalue weighted by atomic mass is 10.1. The number of sulfonamides is 1. The molecule has 0 saturated carbocycles. The Kier molecular flexibility index (Phi) is 6.20. The van der Waals surface area contributed by atoms with Crippen LogP contribution in [0.1, 0.15) is 22.3 Å². The molecule has 0 bridgehead atoms. The number of aromatic nitrogens is 1. The van der Waals surface area contributed by atoms with Gasteiger partial charge in [-0.25, -0.2) is 8.42 Å². The highest BCUT2D eigenvalue weighted by Crippen LogP contribution is 2.34. The van der Waals surface area contributed by atoms with Gasteiger partial charge in [0.15, 0.2) is 11.5 Å². The predicted molar refractivity (Wildman–Crippen MR) is 130 cm³/mol. The van der Waals surface area contributed by atoms with Crippen LogP contribution >= 0.6 is 0 Å². The number of halogens is 3. The van der Waals surface area contributed by atoms with Crippen molar-refractivity contribution in [2.24, 2.45) is 0 Å². The molecule has 0 amide bonds. The van der Waals surface area contributed by atoms with Crippen molar-refractivity contribution in [2.75, 3.05) is 6.79 Å². The lowest BCUT2D eigenvalue weighted by Gasteiger charge is -2.23. The summed E-state index contributed by atoms with van der Waals surface area (Å²) in [5.74, 6) is 0.921. The second-order valence-electron chi connectivity index (χ2n) is 8.70. The molecule has 5 rings (SSSR count). The van der Waals surface area contributed by atoms with Gasteiger partial charge >= 0.3 is 6.18 Å². The van der Waals surface area contributed by atoms with Gasteiger partial charge < -0.3 is 14.5 Å². The molecule has 0 radical (unpaired) electrons. The summed E-state index contributed by atoms with van der Waals surface area (Å²) < 4.78 is 79.0. The van der Waals surface area contributed by atoms with Gasteiger partial charge in [0.05, 0.1) is 10.5 Å². The zero-order chi connectivity index (χ0) is 26.4. The van der Waals surface area contributed by atoms with Crippen molar-refractivity contribution in [3.05, 3.63) is 99.3 Å². The number of ether oxygens (including phenoxy) is 2. The second-order valence-corrected chi connectivity index (χ2v) is 10.6. The van der Waals surface area contributed by atoms with Crippen LogP contribution in [0.3, 0.4) is 0 Å². The maximum absolute atomic E-state index is 13.7. The van der Waals surface area contributed by atoms with Gasteiger partial charge in [0, 0.05) is 24.2 Å². The highest BCUT2D eigenvalue weighted by molar-refractivity contribution is 7.89. The van der Waals surface area contributed by atoms with Crippen LogP contribution in [-0.2, 0) is 29.3 Å². The van der Waals surface area contributed by atoms with Crippen LogP contribution < -0.4 is 15.0 Å². The van der Waals surface area contributed by atoms with Crippen LogP contribution in [0.2, 0.25) is 0 Å². The topological polar surface area (TPSA) is 88.7 Å². The van der Waals surface area contributed by atoms with E-state index in [9.17, 15) is 26.4 Å². The molecule has 0 unspecified atom stereocenters. The minimum absolute atomic E-state index is 0.0248. The summed E-state index contributed by atoms with van der Waals surface area (Å²) in [6, 6.07) is 15.4. The number of benzene rings is 3. The smallest absolute Gasteiger partial charge is 0.416 e. The summed E-state index contributed by atoms with van der Waals surface area (Å²) in [7, 11) is -4.46. The monoisotopic (exact) mass is 530 g/mol. The highest BCUT2D eigenvalue weighted by Gasteiger charge is 2.33. The van der Waals surface area contributed by atoms with Crippen LogP contribution in [-0.4, -0.2) is 24.5 Å². The van der Waals surface area contributed by atoms with Crippen molar-refractivity contribution in [3.63, 3.8) is 0 Å². The van der Waals surface area contributed by atoms with Crippen LogP contribution in [0.4, 0.5) is 13.2 Å². The third kappa shape index (κ3) is 5.05. The third-order valence-electron chi connectivity index (χ3n) is 6.02. The molecule has 7 nitrogen and oxygen atoms in total. The molecule has 0 atom stereocenters. The Hall–Kier alpha value is -3.83. The Morgan fingerprint density at radius 1 is 0.946 bits per heavy atom. The molecule has 0 spiro atoms. The third-order valence-corrected chi connectivity index (χ3v) is 7.81. The first-order valence-electron chi connectivity index (χ1n) is 11.2. The number of aryl methyl sites for hydroxylation is 1. The van der Waals surface area contributed by atoms with E-state index in [0.717, 1.165) is 28.1 Å². The van der Waals surface area contributed by atoms with Crippen LogP contribution in [0.5, 0.6) is 11.5 Å². The van der Waals surface area contributed by atoms with E-state index in [0.29, 0.717) is 34.0 Å². The van der Waals surface area contributed by atoms with Gasteiger partial charge in [-0.05, 0) is 65.9 Å². The van der Waals surface area contributed by atoms with Gasteiger partial charge in [-0.1, -0.05) is 24.3 Å². The largest absolute Gasteiger partial charge is 0.454 e. The quantitative estimate of drug-likeness (QED) is 0.380. The summed E-state index contributed by atoms with van der Waals surface area (Å²) in [5.41, 5.74) is 0.605. The molecule has 2 heterocycles. The van der Waals surface area contributed by atoms with Crippen molar-refractivity contribution in [1.82, 2.24) is 9.29 Å². The number of aromatic amines is 1. The van der Waals surface area contributed by atoms with E-state index in [1.54, 1.807) is 36.4 Å². The maximum atomic E-state index is 13.7. The molecule has 4 aromatic rings. The van der Waals surface area contributed by atoms with Crippen LogP contribution in [0.15, 0.2) is 76.4 Å². The predicted octanol–water partition coefficient (Wildman–Crippen LogP) is 4.98. The standard InChI is InChI=1S/C26H21F3N2O5S/c1-16-5-7-18-11-19(25(32)30-22(18)9-16)14-31(13-17-6-8-23-24(10-17)36-15-35-23)37(33,34)21-4-2-3-20(12-21)26(27,28)29/h2-12H,13-15H2,1H3,(H,30,32). The molecule has 1 aliphatic rings. The fourth-order valence-corrected chi connectivity index (χ4v) is 5.57. The van der Waals surface area contributed by atoms with Crippen molar-refractivity contribution >= 4 is 20.9 Å². The van der Waals surface area contributed by atoms with Crippen molar-refractivity contribution < 1.29 is 31.1 Å².